The fraction of sp³-hybridized carbons (Fsp3) is 0.259. The first kappa shape index (κ1) is 18.8. The molecule has 154 valence electrons. The van der Waals surface area contributed by atoms with Crippen LogP contribution in [0.1, 0.15) is 56.2 Å². The molecule has 0 unspecified atom stereocenters. The highest BCUT2D eigenvalue weighted by atomic mass is 32.1. The largest absolute Gasteiger partial charge is 0.294 e. The van der Waals surface area contributed by atoms with Gasteiger partial charge in [0.25, 0.3) is 5.82 Å². The topological polar surface area (TPSA) is 21.7 Å². The van der Waals surface area contributed by atoms with Crippen molar-refractivity contribution in [3.8, 4) is 17.1 Å². The highest BCUT2D eigenvalue weighted by Crippen LogP contribution is 2.44. The van der Waals surface area contributed by atoms with Crippen molar-refractivity contribution >= 4 is 31.6 Å². The zero-order chi connectivity index (χ0) is 21.3. The Morgan fingerprint density at radius 3 is 2.65 bits per heavy atom. The van der Waals surface area contributed by atoms with Crippen molar-refractivity contribution in [2.24, 2.45) is 0 Å². The van der Waals surface area contributed by atoms with E-state index in [4.69, 9.17) is 0 Å². The zero-order valence-corrected chi connectivity index (χ0v) is 19.2. The average Bonchev–Trinajstić information content (AvgIpc) is 3.43. The SMILES string of the molecule is CC(C)c1cc2c(sc3ncccc32)c(C(C)C)c1-n1cc[n+]2c1-c1ccccc1C2. The van der Waals surface area contributed by atoms with Crippen molar-refractivity contribution in [3.63, 3.8) is 0 Å². The van der Waals surface area contributed by atoms with Crippen LogP contribution in [0.2, 0.25) is 0 Å². The van der Waals surface area contributed by atoms with Gasteiger partial charge in [-0.15, -0.1) is 11.3 Å². The van der Waals surface area contributed by atoms with E-state index in [2.05, 4.69) is 96.7 Å². The molecule has 0 N–H and O–H groups in total. The molecule has 1 aliphatic rings. The quantitative estimate of drug-likeness (QED) is 0.286. The van der Waals surface area contributed by atoms with Gasteiger partial charge < -0.3 is 0 Å². The summed E-state index contributed by atoms with van der Waals surface area (Å²) in [7, 11) is 0. The molecule has 5 aromatic rings. The van der Waals surface area contributed by atoms with Crippen LogP contribution in [0.15, 0.2) is 61.1 Å². The van der Waals surface area contributed by atoms with Gasteiger partial charge >= 0.3 is 0 Å². The molecule has 0 saturated carbocycles. The van der Waals surface area contributed by atoms with E-state index in [1.807, 2.05) is 17.5 Å². The first-order chi connectivity index (χ1) is 15.0. The van der Waals surface area contributed by atoms with Crippen LogP contribution in [0, 0.1) is 0 Å². The van der Waals surface area contributed by atoms with E-state index < -0.39 is 0 Å². The van der Waals surface area contributed by atoms with Crippen LogP contribution >= 0.6 is 11.3 Å². The predicted molar refractivity (Wildman–Crippen MR) is 129 cm³/mol. The van der Waals surface area contributed by atoms with E-state index >= 15 is 0 Å². The molecule has 0 saturated heterocycles. The van der Waals surface area contributed by atoms with Gasteiger partial charge in [0.1, 0.15) is 29.5 Å². The van der Waals surface area contributed by atoms with Gasteiger partial charge in [0.2, 0.25) is 0 Å². The van der Waals surface area contributed by atoms with E-state index in [-0.39, 0.29) is 0 Å². The summed E-state index contributed by atoms with van der Waals surface area (Å²) in [4.78, 5) is 5.81. The van der Waals surface area contributed by atoms with Crippen molar-refractivity contribution in [2.75, 3.05) is 0 Å². The number of nitrogens with zero attached hydrogens (tertiary/aromatic N) is 3. The summed E-state index contributed by atoms with van der Waals surface area (Å²) in [6.45, 7) is 10.2. The molecule has 31 heavy (non-hydrogen) atoms. The van der Waals surface area contributed by atoms with Crippen LogP contribution in [-0.2, 0) is 6.54 Å². The van der Waals surface area contributed by atoms with E-state index in [0.29, 0.717) is 11.8 Å². The lowest BCUT2D eigenvalue weighted by molar-refractivity contribution is -0.671. The molecule has 4 heterocycles. The third-order valence-corrected chi connectivity index (χ3v) is 7.68. The summed E-state index contributed by atoms with van der Waals surface area (Å²) in [5.41, 5.74) is 6.94. The van der Waals surface area contributed by atoms with Crippen molar-refractivity contribution < 1.29 is 4.57 Å². The maximum Gasteiger partial charge on any atom is 0.294 e. The maximum absolute atomic E-state index is 4.68. The molecule has 0 atom stereocenters. The second kappa shape index (κ2) is 6.76. The first-order valence-electron chi connectivity index (χ1n) is 11.1. The van der Waals surface area contributed by atoms with Gasteiger partial charge in [-0.1, -0.05) is 45.9 Å². The smallest absolute Gasteiger partial charge is 0.245 e. The number of benzene rings is 2. The predicted octanol–water partition coefficient (Wildman–Crippen LogP) is 6.80. The minimum Gasteiger partial charge on any atom is -0.245 e. The van der Waals surface area contributed by atoms with Gasteiger partial charge in [0.15, 0.2) is 0 Å². The van der Waals surface area contributed by atoms with Crippen molar-refractivity contribution in [3.05, 3.63) is 77.7 Å². The number of pyridine rings is 1. The molecule has 3 aromatic heterocycles. The van der Waals surface area contributed by atoms with E-state index in [9.17, 15) is 0 Å². The second-order valence-corrected chi connectivity index (χ2v) is 10.1. The number of aromatic nitrogens is 3. The van der Waals surface area contributed by atoms with Crippen LogP contribution in [0.4, 0.5) is 0 Å². The summed E-state index contributed by atoms with van der Waals surface area (Å²) in [6.07, 6.45) is 6.40. The monoisotopic (exact) mass is 424 g/mol. The summed E-state index contributed by atoms with van der Waals surface area (Å²) < 4.78 is 6.21. The van der Waals surface area contributed by atoms with E-state index in [1.54, 1.807) is 0 Å². The molecule has 4 heteroatoms. The summed E-state index contributed by atoms with van der Waals surface area (Å²) in [5.74, 6) is 2.12. The molecule has 2 aromatic carbocycles. The normalized spacial score (nSPS) is 13.0. The third-order valence-electron chi connectivity index (χ3n) is 6.51. The van der Waals surface area contributed by atoms with E-state index in [0.717, 1.165) is 11.4 Å². The van der Waals surface area contributed by atoms with Gasteiger partial charge in [-0.25, -0.2) is 9.55 Å². The van der Waals surface area contributed by atoms with Gasteiger partial charge in [-0.05, 0) is 36.1 Å². The fourth-order valence-corrected chi connectivity index (χ4v) is 6.42. The van der Waals surface area contributed by atoms with Crippen LogP contribution in [-0.4, -0.2) is 9.55 Å². The Bertz CT molecular complexity index is 1470. The lowest BCUT2D eigenvalue weighted by Crippen LogP contribution is -2.30. The Kier molecular flexibility index (Phi) is 4.09. The van der Waals surface area contributed by atoms with Crippen LogP contribution in [0.5, 0.6) is 0 Å². The molecular formula is C27H26N3S+. The number of imidazole rings is 1. The van der Waals surface area contributed by atoms with Gasteiger partial charge in [0, 0.05) is 38.4 Å². The molecule has 0 amide bonds. The summed E-state index contributed by atoms with van der Waals surface area (Å²) in [5, 5.41) is 2.62. The van der Waals surface area contributed by atoms with Crippen LogP contribution in [0.25, 0.3) is 37.4 Å². The zero-order valence-electron chi connectivity index (χ0n) is 18.4. The standard InChI is InChI=1S/C27H26N3S/c1-16(2)21-14-22-20-10-7-11-28-26(20)31-25(22)23(17(3)4)24(21)30-13-12-29-15-18-8-5-6-9-19(18)27(29)30/h5-14,16-17H,15H2,1-4H3/q+1. The molecule has 6 rings (SSSR count). The maximum atomic E-state index is 4.68. The lowest BCUT2D eigenvalue weighted by Gasteiger charge is -2.19. The Hall–Kier alpha value is -2.98. The fourth-order valence-electron chi connectivity index (χ4n) is 5.11. The highest BCUT2D eigenvalue weighted by Gasteiger charge is 2.33. The molecule has 0 radical (unpaired) electrons. The number of thiophene rings is 1. The molecule has 0 bridgehead atoms. The number of hydrogen-bond donors (Lipinski definition) is 0. The Morgan fingerprint density at radius 1 is 1.00 bits per heavy atom. The van der Waals surface area contributed by atoms with Gasteiger partial charge in [-0.2, -0.15) is 4.57 Å². The molecule has 0 spiro atoms. The van der Waals surface area contributed by atoms with Gasteiger partial charge in [-0.3, -0.25) is 0 Å². The van der Waals surface area contributed by atoms with Crippen LogP contribution < -0.4 is 4.57 Å². The van der Waals surface area contributed by atoms with Gasteiger partial charge in [0.05, 0.1) is 5.56 Å². The lowest BCUT2D eigenvalue weighted by atomic mass is 9.90. The summed E-state index contributed by atoms with van der Waals surface area (Å²) in [6, 6.07) is 15.5. The number of hydrogen-bond acceptors (Lipinski definition) is 2. The summed E-state index contributed by atoms with van der Waals surface area (Å²) >= 11 is 1.84. The van der Waals surface area contributed by atoms with Crippen LogP contribution in [0.3, 0.4) is 0 Å². The number of rotatable bonds is 3. The Morgan fingerprint density at radius 2 is 1.84 bits per heavy atom. The minimum absolute atomic E-state index is 0.406. The van der Waals surface area contributed by atoms with Crippen molar-refractivity contribution in [2.45, 2.75) is 46.1 Å². The molecule has 3 nitrogen and oxygen atoms in total. The minimum atomic E-state index is 0.406. The van der Waals surface area contributed by atoms with E-state index in [1.165, 1.54) is 49.2 Å². The number of fused-ring (bicyclic) bond motifs is 6. The average molecular weight is 425 g/mol. The first-order valence-corrected chi connectivity index (χ1v) is 11.9. The molecular weight excluding hydrogens is 398 g/mol. The molecule has 1 aliphatic heterocycles. The van der Waals surface area contributed by atoms with Crippen molar-refractivity contribution in [1.82, 2.24) is 9.55 Å². The molecule has 0 fully saturated rings. The Balaban J connectivity index is 1.75. The third kappa shape index (κ3) is 2.64. The Labute approximate surface area is 186 Å². The van der Waals surface area contributed by atoms with Crippen molar-refractivity contribution in [1.29, 1.82) is 0 Å². The molecule has 0 aliphatic carbocycles. The second-order valence-electron chi connectivity index (χ2n) is 9.15. The highest BCUT2D eigenvalue weighted by molar-refractivity contribution is 7.25.